The van der Waals surface area contributed by atoms with Crippen molar-refractivity contribution in [2.75, 3.05) is 7.11 Å². The number of aromatic nitrogens is 3. The summed E-state index contributed by atoms with van der Waals surface area (Å²) in [7, 11) is 1.67. The van der Waals surface area contributed by atoms with Gasteiger partial charge in [0.1, 0.15) is 11.4 Å². The molecule has 2 aliphatic carbocycles. The molecule has 27 heavy (non-hydrogen) atoms. The number of ether oxygens (including phenoxy) is 1. The molecule has 1 saturated carbocycles. The summed E-state index contributed by atoms with van der Waals surface area (Å²) in [5.74, 6) is 2.32. The topological polar surface area (TPSA) is 39.9 Å². The summed E-state index contributed by atoms with van der Waals surface area (Å²) in [4.78, 5) is 0. The first kappa shape index (κ1) is 18.0. The lowest BCUT2D eigenvalue weighted by molar-refractivity contribution is 0.173. The van der Waals surface area contributed by atoms with E-state index in [-0.39, 0.29) is 0 Å². The van der Waals surface area contributed by atoms with Crippen molar-refractivity contribution in [2.24, 2.45) is 17.3 Å². The van der Waals surface area contributed by atoms with Gasteiger partial charge in [0, 0.05) is 0 Å². The zero-order valence-electron chi connectivity index (χ0n) is 16.6. The fourth-order valence-electron chi connectivity index (χ4n) is 5.12. The van der Waals surface area contributed by atoms with Crippen molar-refractivity contribution in [3.8, 4) is 11.4 Å². The average molecular weight is 364 g/mol. The van der Waals surface area contributed by atoms with Crippen molar-refractivity contribution >= 4 is 5.57 Å². The number of hydrogen-bond acceptors (Lipinski definition) is 3. The fourth-order valence-corrected chi connectivity index (χ4v) is 5.12. The second-order valence-corrected chi connectivity index (χ2v) is 8.33. The van der Waals surface area contributed by atoms with Crippen LogP contribution in [0.25, 0.3) is 11.3 Å². The molecule has 0 saturated heterocycles. The molecule has 0 N–H and O–H groups in total. The van der Waals surface area contributed by atoms with Gasteiger partial charge in [-0.3, -0.25) is 0 Å². The van der Waals surface area contributed by atoms with E-state index in [1.54, 1.807) is 7.11 Å². The molecule has 0 amide bonds. The normalized spacial score (nSPS) is 25.3. The summed E-state index contributed by atoms with van der Waals surface area (Å²) in [6.07, 6.45) is 10.3. The molecule has 2 aliphatic rings. The van der Waals surface area contributed by atoms with Crippen molar-refractivity contribution in [3.05, 3.63) is 54.4 Å². The first-order valence-electron chi connectivity index (χ1n) is 9.98. The molecule has 0 bridgehead atoms. The third-order valence-corrected chi connectivity index (χ3v) is 6.69. The molecule has 1 fully saturated rings. The minimum atomic E-state index is 0.309. The Morgan fingerprint density at radius 1 is 1.22 bits per heavy atom. The maximum Gasteiger partial charge on any atom is 0.119 e. The van der Waals surface area contributed by atoms with Crippen LogP contribution in [0.15, 0.2) is 48.7 Å². The van der Waals surface area contributed by atoms with Crippen LogP contribution in [0.2, 0.25) is 0 Å². The van der Waals surface area contributed by atoms with Gasteiger partial charge in [-0.1, -0.05) is 37.3 Å². The Morgan fingerprint density at radius 2 is 2.00 bits per heavy atom. The lowest BCUT2D eigenvalue weighted by Crippen LogP contribution is -2.31. The molecule has 4 nitrogen and oxygen atoms in total. The van der Waals surface area contributed by atoms with Crippen LogP contribution in [-0.4, -0.2) is 22.1 Å². The van der Waals surface area contributed by atoms with E-state index in [0.29, 0.717) is 5.41 Å². The lowest BCUT2D eigenvalue weighted by Gasteiger charge is -2.41. The summed E-state index contributed by atoms with van der Waals surface area (Å²) in [5, 5.41) is 8.77. The highest BCUT2D eigenvalue weighted by atomic mass is 16.5. The standard InChI is InChI=1S/C23H29N3O/c1-16(2)21-10-5-17(3)23(21)13-11-18(12-14-23)22-15-26(25-24-22)19-6-8-20(27-4)9-7-19/h6-9,11,15-16,21H,3,5,10,12-14H2,1-2,4H3/t21-,23-/m0/s1. The van der Waals surface area contributed by atoms with Crippen LogP contribution >= 0.6 is 0 Å². The Bertz CT molecular complexity index is 862. The van der Waals surface area contributed by atoms with Gasteiger partial charge in [-0.05, 0) is 79.2 Å². The third-order valence-electron chi connectivity index (χ3n) is 6.69. The quantitative estimate of drug-likeness (QED) is 0.678. The molecule has 4 heteroatoms. The zero-order valence-corrected chi connectivity index (χ0v) is 16.6. The molecular formula is C23H29N3O. The van der Waals surface area contributed by atoms with Crippen LogP contribution in [0, 0.1) is 17.3 Å². The maximum atomic E-state index is 5.22. The number of hydrogen-bond donors (Lipinski definition) is 0. The van der Waals surface area contributed by atoms with Crippen LogP contribution in [-0.2, 0) is 0 Å². The van der Waals surface area contributed by atoms with Crippen LogP contribution < -0.4 is 4.74 Å². The van der Waals surface area contributed by atoms with Gasteiger partial charge in [0.2, 0.25) is 0 Å². The largest absolute Gasteiger partial charge is 0.497 e. The second-order valence-electron chi connectivity index (χ2n) is 8.33. The summed E-state index contributed by atoms with van der Waals surface area (Å²) in [6.45, 7) is 9.18. The van der Waals surface area contributed by atoms with E-state index in [1.807, 2.05) is 35.1 Å². The van der Waals surface area contributed by atoms with E-state index in [1.165, 1.54) is 30.4 Å². The molecule has 142 valence electrons. The number of nitrogens with zero attached hydrogens (tertiary/aromatic N) is 3. The zero-order chi connectivity index (χ0) is 19.0. The molecule has 0 radical (unpaired) electrons. The Balaban J connectivity index is 1.55. The Kier molecular flexibility index (Phi) is 4.67. The lowest BCUT2D eigenvalue weighted by atomic mass is 9.63. The SMILES string of the molecule is C=C1CC[C@@H](C(C)C)[C@]12CC=C(c1cn(-c3ccc(OC)cc3)nn1)CC2. The minimum absolute atomic E-state index is 0.309. The van der Waals surface area contributed by atoms with Crippen LogP contribution in [0.3, 0.4) is 0 Å². The first-order chi connectivity index (χ1) is 13.0. The predicted octanol–water partition coefficient (Wildman–Crippen LogP) is 5.45. The summed E-state index contributed by atoms with van der Waals surface area (Å²) in [5.41, 5.74) is 5.08. The van der Waals surface area contributed by atoms with Crippen molar-refractivity contribution in [2.45, 2.75) is 46.0 Å². The average Bonchev–Trinajstić information content (AvgIpc) is 3.29. The van der Waals surface area contributed by atoms with Crippen molar-refractivity contribution in [1.29, 1.82) is 0 Å². The van der Waals surface area contributed by atoms with Gasteiger partial charge in [-0.25, -0.2) is 4.68 Å². The van der Waals surface area contributed by atoms with Crippen molar-refractivity contribution < 1.29 is 4.74 Å². The number of benzene rings is 1. The van der Waals surface area contributed by atoms with E-state index in [0.717, 1.165) is 41.8 Å². The molecule has 1 heterocycles. The highest BCUT2D eigenvalue weighted by Gasteiger charge is 2.46. The molecule has 1 aromatic carbocycles. The molecule has 1 spiro atoms. The van der Waals surface area contributed by atoms with Crippen molar-refractivity contribution in [3.63, 3.8) is 0 Å². The predicted molar refractivity (Wildman–Crippen MR) is 109 cm³/mol. The third kappa shape index (κ3) is 3.11. The highest BCUT2D eigenvalue weighted by Crippen LogP contribution is 2.57. The molecule has 0 unspecified atom stereocenters. The summed E-state index contributed by atoms with van der Waals surface area (Å²) < 4.78 is 7.06. The second kappa shape index (κ2) is 6.99. The van der Waals surface area contributed by atoms with E-state index in [2.05, 4.69) is 36.8 Å². The van der Waals surface area contributed by atoms with Gasteiger partial charge in [-0.15, -0.1) is 5.10 Å². The van der Waals surface area contributed by atoms with Crippen LogP contribution in [0.5, 0.6) is 5.75 Å². The van der Waals surface area contributed by atoms with Gasteiger partial charge < -0.3 is 4.74 Å². The number of methoxy groups -OCH3 is 1. The molecule has 4 rings (SSSR count). The van der Waals surface area contributed by atoms with Crippen LogP contribution in [0.1, 0.15) is 51.6 Å². The van der Waals surface area contributed by atoms with E-state index in [4.69, 9.17) is 4.74 Å². The molecular weight excluding hydrogens is 334 g/mol. The smallest absolute Gasteiger partial charge is 0.119 e. The molecule has 2 aromatic rings. The van der Waals surface area contributed by atoms with Gasteiger partial charge in [0.15, 0.2) is 0 Å². The van der Waals surface area contributed by atoms with Crippen molar-refractivity contribution in [1.82, 2.24) is 15.0 Å². The summed E-state index contributed by atoms with van der Waals surface area (Å²) in [6, 6.07) is 7.88. The number of allylic oxidation sites excluding steroid dienone is 3. The Labute approximate surface area is 161 Å². The number of rotatable bonds is 4. The Morgan fingerprint density at radius 3 is 2.63 bits per heavy atom. The summed E-state index contributed by atoms with van der Waals surface area (Å²) >= 11 is 0. The molecule has 0 aliphatic heterocycles. The van der Waals surface area contributed by atoms with E-state index < -0.39 is 0 Å². The fraction of sp³-hybridized carbons (Fsp3) is 0.478. The van der Waals surface area contributed by atoms with E-state index >= 15 is 0 Å². The maximum absolute atomic E-state index is 5.22. The first-order valence-corrected chi connectivity index (χ1v) is 9.98. The van der Waals surface area contributed by atoms with Crippen LogP contribution in [0.4, 0.5) is 0 Å². The van der Waals surface area contributed by atoms with Gasteiger partial charge in [0.05, 0.1) is 19.0 Å². The van der Waals surface area contributed by atoms with E-state index in [9.17, 15) is 0 Å². The Hall–Kier alpha value is -2.36. The monoisotopic (exact) mass is 363 g/mol. The van der Waals surface area contributed by atoms with Gasteiger partial charge >= 0.3 is 0 Å². The molecule has 1 aromatic heterocycles. The highest BCUT2D eigenvalue weighted by molar-refractivity contribution is 5.63. The van der Waals surface area contributed by atoms with Gasteiger partial charge in [-0.2, -0.15) is 0 Å². The van der Waals surface area contributed by atoms with Gasteiger partial charge in [0.25, 0.3) is 0 Å². The minimum Gasteiger partial charge on any atom is -0.497 e. The molecule has 2 atom stereocenters.